The molecule has 1 fully saturated rings. The number of benzene rings is 1. The molecule has 24 heavy (non-hydrogen) atoms. The van der Waals surface area contributed by atoms with Crippen LogP contribution in [0, 0.1) is 0 Å². The normalized spacial score (nSPS) is 31.8. The minimum absolute atomic E-state index is 0.0922. The van der Waals surface area contributed by atoms with Gasteiger partial charge in [-0.1, -0.05) is 30.3 Å². The fourth-order valence-corrected chi connectivity index (χ4v) is 2.80. The number of hydrogen-bond donors (Lipinski definition) is 5. The third kappa shape index (κ3) is 4.97. The number of hydrazine groups is 1. The molecular weight excluding hydrogens is 312 g/mol. The number of aliphatic hydroxyl groups is 3. The van der Waals surface area contributed by atoms with Crippen molar-refractivity contribution in [3.63, 3.8) is 0 Å². The van der Waals surface area contributed by atoms with Crippen LogP contribution in [-0.2, 0) is 15.9 Å². The molecule has 0 aromatic heterocycles. The molecule has 0 amide bonds. The maximum atomic E-state index is 10.3. The molecule has 136 valence electrons. The second kappa shape index (κ2) is 9.43. The van der Waals surface area contributed by atoms with Gasteiger partial charge in [0.1, 0.15) is 24.4 Å². The predicted octanol–water partition coefficient (Wildman–Crippen LogP) is -0.444. The van der Waals surface area contributed by atoms with E-state index in [1.165, 1.54) is 5.56 Å². The van der Waals surface area contributed by atoms with Crippen molar-refractivity contribution in [3.05, 3.63) is 35.9 Å². The van der Waals surface area contributed by atoms with Gasteiger partial charge >= 0.3 is 0 Å². The Bertz CT molecular complexity index is 475. The van der Waals surface area contributed by atoms with Gasteiger partial charge in [-0.05, 0) is 25.8 Å². The molecule has 7 nitrogen and oxygen atoms in total. The Morgan fingerprint density at radius 2 is 1.92 bits per heavy atom. The Morgan fingerprint density at radius 1 is 1.21 bits per heavy atom. The number of aliphatic hydroxyl groups excluding tert-OH is 3. The van der Waals surface area contributed by atoms with E-state index in [9.17, 15) is 15.3 Å². The van der Waals surface area contributed by atoms with Crippen LogP contribution >= 0.6 is 0 Å². The van der Waals surface area contributed by atoms with Gasteiger partial charge in [-0.2, -0.15) is 0 Å². The zero-order valence-electron chi connectivity index (χ0n) is 14.1. The van der Waals surface area contributed by atoms with Gasteiger partial charge < -0.3 is 24.8 Å². The molecule has 7 heteroatoms. The molecule has 1 saturated heterocycles. The van der Waals surface area contributed by atoms with Gasteiger partial charge in [0, 0.05) is 12.6 Å². The number of ether oxygens (including phenoxy) is 2. The van der Waals surface area contributed by atoms with Crippen molar-refractivity contribution in [2.24, 2.45) is 0 Å². The molecule has 0 saturated carbocycles. The summed E-state index contributed by atoms with van der Waals surface area (Å²) in [5, 5.41) is 29.6. The lowest BCUT2D eigenvalue weighted by Gasteiger charge is -2.42. The molecule has 0 spiro atoms. The van der Waals surface area contributed by atoms with Gasteiger partial charge in [0.25, 0.3) is 0 Å². The summed E-state index contributed by atoms with van der Waals surface area (Å²) < 4.78 is 11.0. The summed E-state index contributed by atoms with van der Waals surface area (Å²) in [6, 6.07) is 9.50. The minimum atomic E-state index is -1.18. The standard InChI is InChI=1S/C17H28N2O5/c1-3-23-17-14(16(22)15(21)13(10-20)24-17)19-18-11(2)9-12-7-5-4-6-8-12/h4-8,11,13-22H,3,9-10H2,1-2H3/t11?,13?,14-,15-,16?,17+/m1/s1. The Hall–Kier alpha value is -1.06. The molecule has 0 bridgehead atoms. The topological polar surface area (TPSA) is 103 Å². The lowest BCUT2D eigenvalue weighted by atomic mass is 9.97. The molecule has 0 radical (unpaired) electrons. The molecule has 1 heterocycles. The minimum Gasteiger partial charge on any atom is -0.394 e. The van der Waals surface area contributed by atoms with Crippen LogP contribution < -0.4 is 10.9 Å². The average molecular weight is 340 g/mol. The monoisotopic (exact) mass is 340 g/mol. The van der Waals surface area contributed by atoms with Crippen molar-refractivity contribution in [2.75, 3.05) is 13.2 Å². The van der Waals surface area contributed by atoms with E-state index in [0.29, 0.717) is 6.61 Å². The second-order valence-corrected chi connectivity index (χ2v) is 6.07. The van der Waals surface area contributed by atoms with Crippen molar-refractivity contribution in [3.8, 4) is 0 Å². The second-order valence-electron chi connectivity index (χ2n) is 6.07. The zero-order valence-corrected chi connectivity index (χ0v) is 14.1. The van der Waals surface area contributed by atoms with E-state index in [0.717, 1.165) is 6.42 Å². The Labute approximate surface area is 142 Å². The highest BCUT2D eigenvalue weighted by atomic mass is 16.7. The summed E-state index contributed by atoms with van der Waals surface area (Å²) in [6.45, 7) is 3.84. The van der Waals surface area contributed by atoms with Crippen molar-refractivity contribution in [1.29, 1.82) is 0 Å². The SMILES string of the molecule is CCO[C@H]1OC(CO)[C@@H](O)C(O)[C@H]1NNC(C)Cc1ccccc1. The molecule has 6 atom stereocenters. The van der Waals surface area contributed by atoms with Crippen LogP contribution in [0.3, 0.4) is 0 Å². The van der Waals surface area contributed by atoms with Crippen LogP contribution in [0.5, 0.6) is 0 Å². The number of rotatable bonds is 8. The fraction of sp³-hybridized carbons (Fsp3) is 0.647. The summed E-state index contributed by atoms with van der Waals surface area (Å²) >= 11 is 0. The third-order valence-electron chi connectivity index (χ3n) is 4.09. The highest BCUT2D eigenvalue weighted by Gasteiger charge is 2.44. The van der Waals surface area contributed by atoms with Gasteiger partial charge in [-0.25, -0.2) is 5.43 Å². The quantitative estimate of drug-likeness (QED) is 0.409. The van der Waals surface area contributed by atoms with Crippen LogP contribution in [0.2, 0.25) is 0 Å². The fourth-order valence-electron chi connectivity index (χ4n) is 2.80. The summed E-state index contributed by atoms with van der Waals surface area (Å²) in [4.78, 5) is 0. The van der Waals surface area contributed by atoms with Crippen molar-refractivity contribution in [1.82, 2.24) is 10.9 Å². The highest BCUT2D eigenvalue weighted by Crippen LogP contribution is 2.21. The van der Waals surface area contributed by atoms with Crippen molar-refractivity contribution in [2.45, 2.75) is 57.0 Å². The van der Waals surface area contributed by atoms with Gasteiger partial charge in [-0.15, -0.1) is 0 Å². The summed E-state index contributed by atoms with van der Waals surface area (Å²) in [7, 11) is 0. The Morgan fingerprint density at radius 3 is 2.54 bits per heavy atom. The van der Waals surface area contributed by atoms with Gasteiger partial charge in [0.2, 0.25) is 0 Å². The summed E-state index contributed by atoms with van der Waals surface area (Å²) in [5.41, 5.74) is 7.33. The van der Waals surface area contributed by atoms with Crippen LogP contribution in [0.4, 0.5) is 0 Å². The van der Waals surface area contributed by atoms with Crippen molar-refractivity contribution >= 4 is 0 Å². The molecule has 1 aliphatic rings. The van der Waals surface area contributed by atoms with Crippen LogP contribution in [0.25, 0.3) is 0 Å². The molecule has 0 aliphatic carbocycles. The van der Waals surface area contributed by atoms with Crippen LogP contribution in [0.15, 0.2) is 30.3 Å². The van der Waals surface area contributed by atoms with Gasteiger partial charge in [-0.3, -0.25) is 5.43 Å². The molecule has 1 aliphatic heterocycles. The molecule has 1 aromatic rings. The molecule has 5 N–H and O–H groups in total. The first kappa shape index (κ1) is 19.3. The largest absolute Gasteiger partial charge is 0.394 e. The Balaban J connectivity index is 1.92. The lowest BCUT2D eigenvalue weighted by molar-refractivity contribution is -0.271. The maximum Gasteiger partial charge on any atom is 0.177 e. The van der Waals surface area contributed by atoms with E-state index >= 15 is 0 Å². The Kier molecular flexibility index (Phi) is 7.57. The molecule has 3 unspecified atom stereocenters. The average Bonchev–Trinajstić information content (AvgIpc) is 2.58. The van der Waals surface area contributed by atoms with E-state index in [4.69, 9.17) is 9.47 Å². The van der Waals surface area contributed by atoms with Crippen LogP contribution in [0.1, 0.15) is 19.4 Å². The van der Waals surface area contributed by atoms with Gasteiger partial charge in [0.05, 0.1) is 6.61 Å². The first-order valence-corrected chi connectivity index (χ1v) is 8.35. The first-order valence-electron chi connectivity index (χ1n) is 8.35. The maximum absolute atomic E-state index is 10.3. The molecule has 2 rings (SSSR count). The highest BCUT2D eigenvalue weighted by molar-refractivity contribution is 5.15. The van der Waals surface area contributed by atoms with E-state index in [2.05, 4.69) is 23.0 Å². The lowest BCUT2D eigenvalue weighted by Crippen LogP contribution is -2.66. The van der Waals surface area contributed by atoms with E-state index in [1.54, 1.807) is 0 Å². The first-order chi connectivity index (χ1) is 11.6. The molecule has 1 aromatic carbocycles. The predicted molar refractivity (Wildman–Crippen MR) is 89.1 cm³/mol. The molecular formula is C17H28N2O5. The van der Waals surface area contributed by atoms with E-state index < -0.39 is 30.6 Å². The van der Waals surface area contributed by atoms with Crippen LogP contribution in [-0.4, -0.2) is 65.2 Å². The van der Waals surface area contributed by atoms with Crippen molar-refractivity contribution < 1.29 is 24.8 Å². The summed E-state index contributed by atoms with van der Waals surface area (Å²) in [6.07, 6.45) is -3.13. The zero-order chi connectivity index (χ0) is 17.5. The van der Waals surface area contributed by atoms with E-state index in [1.807, 2.05) is 32.0 Å². The van der Waals surface area contributed by atoms with Gasteiger partial charge in [0.15, 0.2) is 6.29 Å². The third-order valence-corrected chi connectivity index (χ3v) is 4.09. The van der Waals surface area contributed by atoms with E-state index in [-0.39, 0.29) is 12.6 Å². The summed E-state index contributed by atoms with van der Waals surface area (Å²) in [5.74, 6) is 0. The smallest absolute Gasteiger partial charge is 0.177 e. The number of hydrogen-bond acceptors (Lipinski definition) is 7. The number of nitrogens with one attached hydrogen (secondary N) is 2.